The number of aliphatic carboxylic acids is 1. The minimum atomic E-state index is -1.15. The van der Waals surface area contributed by atoms with Gasteiger partial charge in [-0.15, -0.1) is 0 Å². The average Bonchev–Trinajstić information content (AvgIpc) is 3.42. The fourth-order valence-electron chi connectivity index (χ4n) is 3.62. The Labute approximate surface area is 200 Å². The molecule has 0 bridgehead atoms. The van der Waals surface area contributed by atoms with Crippen LogP contribution in [0.2, 0.25) is 0 Å². The van der Waals surface area contributed by atoms with Gasteiger partial charge in [0.25, 0.3) is 11.8 Å². The van der Waals surface area contributed by atoms with Crippen molar-refractivity contribution in [1.29, 1.82) is 0 Å². The number of carboxylic acids is 1. The second-order valence-corrected chi connectivity index (χ2v) is 7.95. The van der Waals surface area contributed by atoms with Crippen LogP contribution in [0, 0.1) is 0 Å². The Morgan fingerprint density at radius 3 is 2.47 bits per heavy atom. The van der Waals surface area contributed by atoms with E-state index in [4.69, 9.17) is 16.6 Å². The first-order valence-electron chi connectivity index (χ1n) is 10.4. The van der Waals surface area contributed by atoms with Crippen LogP contribution < -0.4 is 10.6 Å². The maximum Gasteiger partial charge on any atom is 0.327 e. The highest BCUT2D eigenvalue weighted by atomic mass is 32.1. The first kappa shape index (κ1) is 22.9. The van der Waals surface area contributed by atoms with Gasteiger partial charge in [0.05, 0.1) is 0 Å². The summed E-state index contributed by atoms with van der Waals surface area (Å²) in [5.41, 5.74) is 2.19. The van der Waals surface area contributed by atoms with Crippen LogP contribution >= 0.6 is 12.2 Å². The summed E-state index contributed by atoms with van der Waals surface area (Å²) in [6, 6.07) is 18.2. The third-order valence-electron chi connectivity index (χ3n) is 5.35. The lowest BCUT2D eigenvalue weighted by molar-refractivity contribution is -0.145. The molecule has 2 aromatic carbocycles. The van der Waals surface area contributed by atoms with Crippen molar-refractivity contribution in [2.45, 2.75) is 12.5 Å². The van der Waals surface area contributed by atoms with Crippen LogP contribution in [0.25, 0.3) is 17.4 Å². The molecule has 1 aromatic heterocycles. The molecule has 1 aliphatic heterocycles. The molecule has 1 unspecified atom stereocenters. The van der Waals surface area contributed by atoms with Gasteiger partial charge in [0, 0.05) is 30.7 Å². The van der Waals surface area contributed by atoms with Gasteiger partial charge in [-0.2, -0.15) is 0 Å². The summed E-state index contributed by atoms with van der Waals surface area (Å²) in [5.74, 6) is -0.938. The van der Waals surface area contributed by atoms with Gasteiger partial charge in [-0.3, -0.25) is 14.5 Å². The van der Waals surface area contributed by atoms with Crippen molar-refractivity contribution in [2.24, 2.45) is 0 Å². The summed E-state index contributed by atoms with van der Waals surface area (Å²) in [5, 5.41) is 15.1. The maximum absolute atomic E-state index is 13.0. The van der Waals surface area contributed by atoms with E-state index in [0.29, 0.717) is 17.1 Å². The van der Waals surface area contributed by atoms with Crippen molar-refractivity contribution in [3.63, 3.8) is 0 Å². The quantitative estimate of drug-likeness (QED) is 0.356. The van der Waals surface area contributed by atoms with Crippen LogP contribution in [-0.2, 0) is 16.0 Å². The molecule has 9 heteroatoms. The number of nitrogens with one attached hydrogen (secondary N) is 2. The van der Waals surface area contributed by atoms with E-state index in [0.717, 1.165) is 16.0 Å². The van der Waals surface area contributed by atoms with E-state index in [1.54, 1.807) is 55.6 Å². The van der Waals surface area contributed by atoms with Gasteiger partial charge in [0.2, 0.25) is 0 Å². The highest BCUT2D eigenvalue weighted by molar-refractivity contribution is 7.80. The molecular formula is C25H21N3O5S. The monoisotopic (exact) mass is 475 g/mol. The second kappa shape index (κ2) is 9.72. The number of carboxylic acid groups (broad SMARTS) is 1. The molecule has 8 nitrogen and oxygen atoms in total. The largest absolute Gasteiger partial charge is 0.480 e. The van der Waals surface area contributed by atoms with E-state index in [1.807, 2.05) is 18.2 Å². The molecule has 172 valence electrons. The summed E-state index contributed by atoms with van der Waals surface area (Å²) < 4.78 is 5.83. The highest BCUT2D eigenvalue weighted by Gasteiger charge is 2.39. The Balaban J connectivity index is 1.54. The van der Waals surface area contributed by atoms with Gasteiger partial charge in [-0.05, 0) is 42.0 Å². The molecule has 0 spiro atoms. The lowest BCUT2D eigenvalue weighted by atomic mass is 10.0. The van der Waals surface area contributed by atoms with E-state index in [-0.39, 0.29) is 23.1 Å². The zero-order chi connectivity index (χ0) is 24.2. The fraction of sp³-hybridized carbons (Fsp3) is 0.120. The third-order valence-corrected chi connectivity index (χ3v) is 5.65. The zero-order valence-electron chi connectivity index (χ0n) is 18.1. The Morgan fingerprint density at radius 2 is 1.82 bits per heavy atom. The van der Waals surface area contributed by atoms with E-state index >= 15 is 0 Å². The van der Waals surface area contributed by atoms with Crippen molar-refractivity contribution < 1.29 is 23.9 Å². The van der Waals surface area contributed by atoms with Crippen LogP contribution in [0.4, 0.5) is 0 Å². The number of amides is 2. The molecule has 1 fully saturated rings. The lowest BCUT2D eigenvalue weighted by Gasteiger charge is -2.22. The van der Waals surface area contributed by atoms with Crippen LogP contribution in [0.1, 0.15) is 21.7 Å². The van der Waals surface area contributed by atoms with Gasteiger partial charge < -0.3 is 20.2 Å². The predicted molar refractivity (Wildman–Crippen MR) is 130 cm³/mol. The predicted octanol–water partition coefficient (Wildman–Crippen LogP) is 3.06. The molecule has 4 rings (SSSR count). The van der Waals surface area contributed by atoms with Crippen molar-refractivity contribution in [1.82, 2.24) is 15.5 Å². The smallest absolute Gasteiger partial charge is 0.327 e. The van der Waals surface area contributed by atoms with Crippen LogP contribution in [0.5, 0.6) is 0 Å². The maximum atomic E-state index is 13.0. The van der Waals surface area contributed by atoms with Crippen molar-refractivity contribution in [3.8, 4) is 11.3 Å². The third kappa shape index (κ3) is 4.74. The van der Waals surface area contributed by atoms with Gasteiger partial charge in [0.15, 0.2) is 5.11 Å². The topological polar surface area (TPSA) is 112 Å². The number of furan rings is 1. The summed E-state index contributed by atoms with van der Waals surface area (Å²) in [4.78, 5) is 37.8. The average molecular weight is 476 g/mol. The number of hydrogen-bond acceptors (Lipinski definition) is 5. The number of hydrogen-bond donors (Lipinski definition) is 3. The molecule has 1 aliphatic rings. The Hall–Kier alpha value is -4.24. The number of carbonyl (C=O) groups is 3. The summed E-state index contributed by atoms with van der Waals surface area (Å²) in [6.45, 7) is 0. The van der Waals surface area contributed by atoms with E-state index in [1.165, 1.54) is 6.08 Å². The summed E-state index contributed by atoms with van der Waals surface area (Å²) >= 11 is 5.27. The second-order valence-electron chi connectivity index (χ2n) is 7.57. The van der Waals surface area contributed by atoms with Gasteiger partial charge >= 0.3 is 5.97 Å². The van der Waals surface area contributed by atoms with E-state index in [9.17, 15) is 19.5 Å². The molecule has 0 saturated carbocycles. The Bertz CT molecular complexity index is 1280. The lowest BCUT2D eigenvalue weighted by Crippen LogP contribution is -2.46. The summed E-state index contributed by atoms with van der Waals surface area (Å²) in [6.07, 6.45) is 1.60. The number of nitrogens with zero attached hydrogens (tertiary/aromatic N) is 1. The molecule has 0 radical (unpaired) electrons. The summed E-state index contributed by atoms with van der Waals surface area (Å²) in [7, 11) is 1.56. The minimum Gasteiger partial charge on any atom is -0.480 e. The van der Waals surface area contributed by atoms with Crippen molar-refractivity contribution >= 4 is 41.2 Å². The molecular weight excluding hydrogens is 454 g/mol. The number of rotatable bonds is 7. The molecule has 0 aliphatic carbocycles. The molecule has 34 heavy (non-hydrogen) atoms. The highest BCUT2D eigenvalue weighted by Crippen LogP contribution is 2.25. The molecule has 1 saturated heterocycles. The molecule has 2 heterocycles. The first-order chi connectivity index (χ1) is 16.4. The SMILES string of the molecule is CNC(=O)c1ccc(-c2ccc(/C=C3/NC(=S)N(C(Cc4ccccc4)C(=O)O)C3=O)o2)cc1. The Kier molecular flexibility index (Phi) is 6.55. The fourth-order valence-corrected chi connectivity index (χ4v) is 3.94. The van der Waals surface area contributed by atoms with Crippen LogP contribution in [-0.4, -0.2) is 46.0 Å². The molecule has 3 N–H and O–H groups in total. The van der Waals surface area contributed by atoms with Gasteiger partial charge in [-0.1, -0.05) is 42.5 Å². The standard InChI is InChI=1S/C25H21N3O5S/c1-26-22(29)17-9-7-16(8-10-17)21-12-11-18(33-21)14-19-23(30)28(25(34)27-19)20(24(31)32)13-15-5-3-2-4-6-15/h2-12,14,20H,13H2,1H3,(H,26,29)(H,27,34)(H,31,32)/b19-14+. The number of carbonyl (C=O) groups excluding carboxylic acids is 2. The number of benzene rings is 2. The normalized spacial score (nSPS) is 15.3. The van der Waals surface area contributed by atoms with Crippen LogP contribution in [0.3, 0.4) is 0 Å². The molecule has 2 amide bonds. The van der Waals surface area contributed by atoms with E-state index in [2.05, 4.69) is 10.6 Å². The molecule has 3 aromatic rings. The molecule has 1 atom stereocenters. The van der Waals surface area contributed by atoms with Crippen molar-refractivity contribution in [2.75, 3.05) is 7.05 Å². The van der Waals surface area contributed by atoms with E-state index < -0.39 is 17.9 Å². The van der Waals surface area contributed by atoms with Gasteiger partial charge in [-0.25, -0.2) is 4.79 Å². The number of thiocarbonyl (C=S) groups is 1. The first-order valence-corrected chi connectivity index (χ1v) is 10.8. The van der Waals surface area contributed by atoms with Crippen molar-refractivity contribution in [3.05, 3.63) is 89.3 Å². The zero-order valence-corrected chi connectivity index (χ0v) is 19.0. The van der Waals surface area contributed by atoms with Crippen LogP contribution in [0.15, 0.2) is 76.8 Å². The Morgan fingerprint density at radius 1 is 1.12 bits per heavy atom. The van der Waals surface area contributed by atoms with Gasteiger partial charge in [0.1, 0.15) is 23.3 Å². The minimum absolute atomic E-state index is 0.0242.